The number of methoxy groups -OCH3 is 1. The van der Waals surface area contributed by atoms with Crippen LogP contribution in [0.25, 0.3) is 0 Å². The van der Waals surface area contributed by atoms with Gasteiger partial charge < -0.3 is 19.7 Å². The van der Waals surface area contributed by atoms with Crippen LogP contribution in [-0.2, 0) is 25.5 Å². The lowest BCUT2D eigenvalue weighted by atomic mass is 9.88. The minimum Gasteiger partial charge on any atom is -0.495 e. The molecule has 7 nitrogen and oxygen atoms in total. The van der Waals surface area contributed by atoms with E-state index in [1.807, 2.05) is 30.3 Å². The second kappa shape index (κ2) is 9.20. The molecule has 0 bridgehead atoms. The molecule has 1 aliphatic heterocycles. The molecule has 31 heavy (non-hydrogen) atoms. The second-order valence-corrected chi connectivity index (χ2v) is 7.90. The van der Waals surface area contributed by atoms with Crippen LogP contribution in [0.15, 0.2) is 48.5 Å². The summed E-state index contributed by atoms with van der Waals surface area (Å²) in [4.78, 5) is 38.9. The molecule has 1 fully saturated rings. The van der Waals surface area contributed by atoms with Crippen LogP contribution < -0.4 is 15.0 Å². The Morgan fingerprint density at radius 3 is 2.74 bits per heavy atom. The highest BCUT2D eigenvalue weighted by Crippen LogP contribution is 2.33. The fraction of sp³-hybridized carbons (Fsp3) is 0.375. The Morgan fingerprint density at radius 2 is 1.90 bits per heavy atom. The highest BCUT2D eigenvalue weighted by molar-refractivity contribution is 6.00. The number of nitrogens with zero attached hydrogens (tertiary/aromatic N) is 1. The number of rotatable bonds is 6. The van der Waals surface area contributed by atoms with Crippen molar-refractivity contribution in [1.29, 1.82) is 0 Å². The van der Waals surface area contributed by atoms with Gasteiger partial charge >= 0.3 is 5.97 Å². The van der Waals surface area contributed by atoms with E-state index in [2.05, 4.69) is 11.4 Å². The minimum atomic E-state index is -0.611. The number of fused-ring (bicyclic) bond motifs is 1. The Balaban J connectivity index is 1.31. The predicted octanol–water partition coefficient (Wildman–Crippen LogP) is 2.79. The first kappa shape index (κ1) is 20.9. The molecule has 2 aromatic carbocycles. The zero-order chi connectivity index (χ0) is 21.8. The maximum atomic E-state index is 12.5. The van der Waals surface area contributed by atoms with E-state index in [4.69, 9.17) is 9.47 Å². The molecule has 4 rings (SSSR count). The quantitative estimate of drug-likeness (QED) is 0.724. The van der Waals surface area contributed by atoms with E-state index in [0.717, 1.165) is 24.8 Å². The monoisotopic (exact) mass is 422 g/mol. The molecule has 1 aliphatic carbocycles. The number of esters is 1. The minimum absolute atomic E-state index is 0.0501. The number of amides is 2. The highest BCUT2D eigenvalue weighted by Gasteiger charge is 2.37. The van der Waals surface area contributed by atoms with Gasteiger partial charge in [-0.05, 0) is 42.5 Å². The van der Waals surface area contributed by atoms with Crippen molar-refractivity contribution in [3.63, 3.8) is 0 Å². The molecule has 162 valence electrons. The molecular weight excluding hydrogens is 396 g/mol. The predicted molar refractivity (Wildman–Crippen MR) is 115 cm³/mol. The smallest absolute Gasteiger partial charge is 0.311 e. The maximum absolute atomic E-state index is 12.5. The number of carbonyl (C=O) groups is 3. The molecule has 2 aliphatic rings. The van der Waals surface area contributed by atoms with E-state index in [1.165, 1.54) is 17.6 Å². The highest BCUT2D eigenvalue weighted by atomic mass is 16.5. The van der Waals surface area contributed by atoms with Crippen LogP contribution in [0.5, 0.6) is 5.75 Å². The van der Waals surface area contributed by atoms with Crippen molar-refractivity contribution in [2.45, 2.75) is 31.7 Å². The number of hydrogen-bond acceptors (Lipinski definition) is 5. The maximum Gasteiger partial charge on any atom is 0.311 e. The molecule has 2 atom stereocenters. The van der Waals surface area contributed by atoms with Crippen molar-refractivity contribution >= 4 is 23.5 Å². The summed E-state index contributed by atoms with van der Waals surface area (Å²) in [6.45, 7) is -0.146. The number of nitrogens with one attached hydrogen (secondary N) is 1. The molecule has 0 unspecified atom stereocenters. The number of aryl methyl sites for hydroxylation is 1. The van der Waals surface area contributed by atoms with Crippen LogP contribution in [0.3, 0.4) is 0 Å². The Hall–Kier alpha value is -3.35. The lowest BCUT2D eigenvalue weighted by Crippen LogP contribution is -2.35. The average molecular weight is 422 g/mol. The van der Waals surface area contributed by atoms with Gasteiger partial charge in [-0.2, -0.15) is 0 Å². The standard InChI is InChI=1S/C24H26N2O5/c1-30-21-12-5-4-11-20(21)26-14-17(13-23(26)28)24(29)31-15-22(27)25-19-10-6-8-16-7-2-3-9-18(16)19/h2-5,7,9,11-12,17,19H,6,8,10,13-15H2,1H3,(H,25,27)/t17-,19-/m1/s1. The molecule has 1 N–H and O–H groups in total. The van der Waals surface area contributed by atoms with Gasteiger partial charge in [0.05, 0.1) is 24.8 Å². The van der Waals surface area contributed by atoms with Crippen LogP contribution in [0.2, 0.25) is 0 Å². The van der Waals surface area contributed by atoms with E-state index in [0.29, 0.717) is 11.4 Å². The van der Waals surface area contributed by atoms with Gasteiger partial charge in [0.15, 0.2) is 6.61 Å². The van der Waals surface area contributed by atoms with Gasteiger partial charge in [0.25, 0.3) is 5.91 Å². The largest absolute Gasteiger partial charge is 0.495 e. The van der Waals surface area contributed by atoms with E-state index >= 15 is 0 Å². The summed E-state index contributed by atoms with van der Waals surface area (Å²) in [6, 6.07) is 15.2. The van der Waals surface area contributed by atoms with Gasteiger partial charge in [-0.1, -0.05) is 36.4 Å². The van der Waals surface area contributed by atoms with Crippen LogP contribution in [0.4, 0.5) is 5.69 Å². The first-order chi connectivity index (χ1) is 15.1. The van der Waals surface area contributed by atoms with Gasteiger partial charge in [-0.3, -0.25) is 14.4 Å². The number of hydrogen-bond donors (Lipinski definition) is 1. The van der Waals surface area contributed by atoms with Gasteiger partial charge in [-0.15, -0.1) is 0 Å². The second-order valence-electron chi connectivity index (χ2n) is 7.90. The number of benzene rings is 2. The zero-order valence-corrected chi connectivity index (χ0v) is 17.5. The molecule has 0 spiro atoms. The number of ether oxygens (including phenoxy) is 2. The molecule has 7 heteroatoms. The Kier molecular flexibility index (Phi) is 6.21. The van der Waals surface area contributed by atoms with Gasteiger partial charge in [0, 0.05) is 13.0 Å². The van der Waals surface area contributed by atoms with Crippen molar-refractivity contribution in [3.05, 3.63) is 59.7 Å². The van der Waals surface area contributed by atoms with Crippen LogP contribution >= 0.6 is 0 Å². The lowest BCUT2D eigenvalue weighted by molar-refractivity contribution is -0.152. The average Bonchev–Trinajstić information content (AvgIpc) is 3.19. The van der Waals surface area contributed by atoms with E-state index in [-0.39, 0.29) is 37.4 Å². The van der Waals surface area contributed by atoms with Crippen molar-refractivity contribution < 1.29 is 23.9 Å². The van der Waals surface area contributed by atoms with E-state index in [1.54, 1.807) is 12.1 Å². The molecule has 0 radical (unpaired) electrons. The fourth-order valence-corrected chi connectivity index (χ4v) is 4.35. The summed E-state index contributed by atoms with van der Waals surface area (Å²) in [7, 11) is 1.54. The fourth-order valence-electron chi connectivity index (χ4n) is 4.35. The Morgan fingerprint density at radius 1 is 1.13 bits per heavy atom. The molecule has 2 amide bonds. The van der Waals surface area contributed by atoms with Crippen molar-refractivity contribution in [1.82, 2.24) is 5.32 Å². The topological polar surface area (TPSA) is 84.9 Å². The lowest BCUT2D eigenvalue weighted by Gasteiger charge is -2.26. The Bertz CT molecular complexity index is 989. The van der Waals surface area contributed by atoms with Crippen LogP contribution in [0, 0.1) is 5.92 Å². The Labute approximate surface area is 181 Å². The first-order valence-corrected chi connectivity index (χ1v) is 10.5. The summed E-state index contributed by atoms with van der Waals surface area (Å²) in [6.07, 6.45) is 2.93. The number of para-hydroxylation sites is 2. The molecule has 1 saturated heterocycles. The molecule has 2 aromatic rings. The van der Waals surface area contributed by atoms with Gasteiger partial charge in [-0.25, -0.2) is 0 Å². The third kappa shape index (κ3) is 4.55. The number of anilines is 1. The van der Waals surface area contributed by atoms with Crippen molar-refractivity contribution in [2.75, 3.05) is 25.2 Å². The van der Waals surface area contributed by atoms with Crippen LogP contribution in [-0.4, -0.2) is 38.0 Å². The molecule has 0 aromatic heterocycles. The third-order valence-corrected chi connectivity index (χ3v) is 5.88. The first-order valence-electron chi connectivity index (χ1n) is 10.5. The summed E-state index contributed by atoms with van der Waals surface area (Å²) >= 11 is 0. The van der Waals surface area contributed by atoms with E-state index in [9.17, 15) is 14.4 Å². The SMILES string of the molecule is COc1ccccc1N1C[C@H](C(=O)OCC(=O)N[C@@H]2CCCc3ccccc32)CC1=O. The summed E-state index contributed by atoms with van der Waals surface area (Å²) in [5, 5.41) is 2.97. The van der Waals surface area contributed by atoms with E-state index < -0.39 is 11.9 Å². The summed E-state index contributed by atoms with van der Waals surface area (Å²) in [5.41, 5.74) is 3.00. The molecule has 0 saturated carbocycles. The van der Waals surface area contributed by atoms with Crippen molar-refractivity contribution in [2.24, 2.45) is 5.92 Å². The molecule has 1 heterocycles. The normalized spacial score (nSPS) is 20.2. The van der Waals surface area contributed by atoms with Crippen molar-refractivity contribution in [3.8, 4) is 5.75 Å². The zero-order valence-electron chi connectivity index (χ0n) is 17.5. The van der Waals surface area contributed by atoms with Gasteiger partial charge in [0.2, 0.25) is 5.91 Å². The summed E-state index contributed by atoms with van der Waals surface area (Å²) < 4.78 is 10.6. The summed E-state index contributed by atoms with van der Waals surface area (Å²) in [5.74, 6) is -1.08. The number of carbonyl (C=O) groups excluding carboxylic acids is 3. The van der Waals surface area contributed by atoms with Crippen LogP contribution in [0.1, 0.15) is 36.4 Å². The third-order valence-electron chi connectivity index (χ3n) is 5.88. The molecular formula is C24H26N2O5. The van der Waals surface area contributed by atoms with Gasteiger partial charge in [0.1, 0.15) is 5.75 Å².